The van der Waals surface area contributed by atoms with Crippen LogP contribution in [0, 0.1) is 0 Å². The molecule has 0 saturated heterocycles. The van der Waals surface area contributed by atoms with E-state index in [4.69, 9.17) is 14.5 Å². The minimum absolute atomic E-state index is 0. The number of aliphatic hydroxyl groups is 1. The Bertz CT molecular complexity index is 891. The van der Waals surface area contributed by atoms with Crippen molar-refractivity contribution in [3.8, 4) is 11.5 Å². The molecule has 0 radical (unpaired) electrons. The van der Waals surface area contributed by atoms with Crippen LogP contribution in [-0.4, -0.2) is 52.9 Å². The van der Waals surface area contributed by atoms with Gasteiger partial charge < -0.3 is 14.6 Å². The van der Waals surface area contributed by atoms with E-state index in [9.17, 15) is 5.11 Å². The monoisotopic (exact) mass is 435 g/mol. The molecule has 1 N–H and O–H groups in total. The van der Waals surface area contributed by atoms with Gasteiger partial charge in [-0.15, -0.1) is 12.4 Å². The Morgan fingerprint density at radius 2 is 1.93 bits per heavy atom. The molecule has 0 unspecified atom stereocenters. The van der Waals surface area contributed by atoms with E-state index in [1.807, 2.05) is 31.6 Å². The first-order chi connectivity index (χ1) is 13.6. The van der Waals surface area contributed by atoms with Gasteiger partial charge in [-0.1, -0.05) is 11.8 Å². The third-order valence-electron chi connectivity index (χ3n) is 5.46. The Labute approximate surface area is 181 Å². The van der Waals surface area contributed by atoms with Crippen LogP contribution in [0.15, 0.2) is 34.7 Å². The van der Waals surface area contributed by atoms with Gasteiger partial charge in [-0.05, 0) is 50.1 Å². The predicted molar refractivity (Wildman–Crippen MR) is 117 cm³/mol. The van der Waals surface area contributed by atoms with Gasteiger partial charge in [0.05, 0.1) is 31.6 Å². The zero-order valence-electron chi connectivity index (χ0n) is 16.8. The lowest BCUT2D eigenvalue weighted by atomic mass is 9.74. The normalized spacial score (nSPS) is 22.6. The van der Waals surface area contributed by atoms with Crippen molar-refractivity contribution >= 4 is 29.9 Å². The molecule has 2 aromatic rings. The quantitative estimate of drug-likeness (QED) is 0.567. The molecule has 1 aliphatic heterocycles. The summed E-state index contributed by atoms with van der Waals surface area (Å²) in [5, 5.41) is 11.0. The lowest BCUT2D eigenvalue weighted by Crippen LogP contribution is -2.34. The van der Waals surface area contributed by atoms with Gasteiger partial charge in [0.15, 0.2) is 16.7 Å². The average molecular weight is 436 g/mol. The SMILES string of the molecule is CCOc1cc2c(cc1OC)C(c1cnc(SC)nc1)=N[C@@H]1CC[C@@H](O)C[C@H]21.Cl. The first-order valence-corrected chi connectivity index (χ1v) is 10.8. The van der Waals surface area contributed by atoms with Crippen molar-refractivity contribution < 1.29 is 14.6 Å². The Morgan fingerprint density at radius 1 is 1.17 bits per heavy atom. The van der Waals surface area contributed by atoms with Gasteiger partial charge in [-0.3, -0.25) is 4.99 Å². The molecular weight excluding hydrogens is 410 g/mol. The molecule has 6 nitrogen and oxygen atoms in total. The van der Waals surface area contributed by atoms with Gasteiger partial charge in [0.2, 0.25) is 0 Å². The second-order valence-electron chi connectivity index (χ2n) is 7.10. The second-order valence-corrected chi connectivity index (χ2v) is 7.87. The smallest absolute Gasteiger partial charge is 0.187 e. The van der Waals surface area contributed by atoms with E-state index in [1.165, 1.54) is 11.8 Å². The summed E-state index contributed by atoms with van der Waals surface area (Å²) in [5.74, 6) is 1.60. The Hall–Kier alpha value is -1.83. The summed E-state index contributed by atoms with van der Waals surface area (Å²) in [6.07, 6.45) is 7.71. The van der Waals surface area contributed by atoms with Gasteiger partial charge >= 0.3 is 0 Å². The molecule has 1 saturated carbocycles. The van der Waals surface area contributed by atoms with Crippen molar-refractivity contribution in [1.82, 2.24) is 9.97 Å². The van der Waals surface area contributed by atoms with E-state index < -0.39 is 0 Å². The van der Waals surface area contributed by atoms with Crippen molar-refractivity contribution in [3.63, 3.8) is 0 Å². The molecule has 0 bridgehead atoms. The van der Waals surface area contributed by atoms with E-state index in [1.54, 1.807) is 7.11 Å². The molecule has 8 heteroatoms. The maximum Gasteiger partial charge on any atom is 0.187 e. The maximum atomic E-state index is 10.3. The fraction of sp³-hybridized carbons (Fsp3) is 0.476. The first kappa shape index (κ1) is 21.9. The predicted octanol–water partition coefficient (Wildman–Crippen LogP) is 3.88. The summed E-state index contributed by atoms with van der Waals surface area (Å²) in [7, 11) is 1.65. The number of halogens is 1. The molecule has 2 aliphatic rings. The van der Waals surface area contributed by atoms with Crippen LogP contribution in [0.25, 0.3) is 0 Å². The van der Waals surface area contributed by atoms with Crippen LogP contribution in [0.5, 0.6) is 11.5 Å². The summed E-state index contributed by atoms with van der Waals surface area (Å²) in [4.78, 5) is 13.9. The van der Waals surface area contributed by atoms with Crippen molar-refractivity contribution in [3.05, 3.63) is 41.2 Å². The van der Waals surface area contributed by atoms with Crippen LogP contribution >= 0.6 is 24.2 Å². The van der Waals surface area contributed by atoms with E-state index in [0.29, 0.717) is 18.8 Å². The molecule has 4 rings (SSSR count). The van der Waals surface area contributed by atoms with E-state index >= 15 is 0 Å². The summed E-state index contributed by atoms with van der Waals surface area (Å²) < 4.78 is 11.4. The number of hydrogen-bond acceptors (Lipinski definition) is 7. The molecule has 29 heavy (non-hydrogen) atoms. The van der Waals surface area contributed by atoms with Crippen LogP contribution in [0.1, 0.15) is 48.8 Å². The largest absolute Gasteiger partial charge is 0.493 e. The van der Waals surface area contributed by atoms with Crippen molar-refractivity contribution in [2.45, 2.75) is 49.4 Å². The number of thioether (sulfide) groups is 1. The number of fused-ring (bicyclic) bond motifs is 3. The fourth-order valence-corrected chi connectivity index (χ4v) is 4.46. The van der Waals surface area contributed by atoms with E-state index in [-0.39, 0.29) is 30.5 Å². The fourth-order valence-electron chi connectivity index (χ4n) is 4.15. The van der Waals surface area contributed by atoms with E-state index in [0.717, 1.165) is 46.1 Å². The highest BCUT2D eigenvalue weighted by Gasteiger charge is 2.37. The number of aliphatic hydroxyl groups excluding tert-OH is 1. The van der Waals surface area contributed by atoms with Gasteiger partial charge in [0.25, 0.3) is 0 Å². The number of nitrogens with zero attached hydrogens (tertiary/aromatic N) is 3. The van der Waals surface area contributed by atoms with Crippen LogP contribution in [0.4, 0.5) is 0 Å². The molecule has 1 aromatic carbocycles. The number of ether oxygens (including phenoxy) is 2. The van der Waals surface area contributed by atoms with Gasteiger partial charge in [-0.25, -0.2) is 9.97 Å². The molecule has 1 fully saturated rings. The van der Waals surface area contributed by atoms with Crippen LogP contribution < -0.4 is 9.47 Å². The summed E-state index contributed by atoms with van der Waals surface area (Å²) in [6, 6.07) is 4.21. The molecular formula is C21H26ClN3O3S. The van der Waals surface area contributed by atoms with Crippen LogP contribution in [0.2, 0.25) is 0 Å². The minimum atomic E-state index is -0.285. The third kappa shape index (κ3) is 4.22. The molecule has 156 valence electrons. The minimum Gasteiger partial charge on any atom is -0.493 e. The summed E-state index contributed by atoms with van der Waals surface area (Å²) >= 11 is 1.52. The topological polar surface area (TPSA) is 76.8 Å². The molecule has 2 heterocycles. The number of benzene rings is 1. The first-order valence-electron chi connectivity index (χ1n) is 9.62. The van der Waals surface area contributed by atoms with Gasteiger partial charge in [0.1, 0.15) is 0 Å². The van der Waals surface area contributed by atoms with E-state index in [2.05, 4.69) is 16.0 Å². The number of methoxy groups -OCH3 is 1. The molecule has 0 spiro atoms. The Morgan fingerprint density at radius 3 is 2.59 bits per heavy atom. The number of hydrogen-bond donors (Lipinski definition) is 1. The third-order valence-corrected chi connectivity index (χ3v) is 6.03. The maximum absolute atomic E-state index is 10.3. The highest BCUT2D eigenvalue weighted by molar-refractivity contribution is 7.98. The van der Waals surface area contributed by atoms with Crippen molar-refractivity contribution in [2.24, 2.45) is 4.99 Å². The Balaban J connectivity index is 0.00000240. The number of aromatic nitrogens is 2. The molecule has 1 aromatic heterocycles. The molecule has 3 atom stereocenters. The van der Waals surface area contributed by atoms with Gasteiger partial charge in [0, 0.05) is 29.4 Å². The molecule has 0 amide bonds. The highest BCUT2D eigenvalue weighted by Crippen LogP contribution is 2.44. The van der Waals surface area contributed by atoms with Gasteiger partial charge in [-0.2, -0.15) is 0 Å². The van der Waals surface area contributed by atoms with Crippen molar-refractivity contribution in [2.75, 3.05) is 20.0 Å². The summed E-state index contributed by atoms with van der Waals surface area (Å²) in [6.45, 7) is 2.53. The zero-order valence-corrected chi connectivity index (χ0v) is 18.4. The van der Waals surface area contributed by atoms with Crippen LogP contribution in [-0.2, 0) is 0 Å². The summed E-state index contributed by atoms with van der Waals surface area (Å²) in [5.41, 5.74) is 3.96. The van der Waals surface area contributed by atoms with Crippen LogP contribution in [0.3, 0.4) is 0 Å². The number of rotatable bonds is 5. The highest BCUT2D eigenvalue weighted by atomic mass is 35.5. The lowest BCUT2D eigenvalue weighted by Gasteiger charge is -2.37. The second kappa shape index (κ2) is 9.32. The lowest BCUT2D eigenvalue weighted by molar-refractivity contribution is 0.111. The standard InChI is InChI=1S/C21H25N3O3S.ClH/c1-4-27-19-8-14-15-7-13(25)5-6-17(15)24-20(16(14)9-18(19)26-2)12-10-22-21(28-3)23-11-12;/h8-11,13,15,17,25H,4-7H2,1-3H3;1H/t13-,15-,17-;/m1./s1. The zero-order chi connectivity index (χ0) is 19.7. The molecule has 1 aliphatic carbocycles. The average Bonchev–Trinajstić information content (AvgIpc) is 2.73. The Kier molecular flexibility index (Phi) is 7.03. The number of aliphatic imine (C=N–C) groups is 1. The van der Waals surface area contributed by atoms with Crippen molar-refractivity contribution in [1.29, 1.82) is 0 Å².